The zero-order chi connectivity index (χ0) is 13.9. The lowest BCUT2D eigenvalue weighted by atomic mass is 10.0. The summed E-state index contributed by atoms with van der Waals surface area (Å²) in [5.74, 6) is 0.492. The molecule has 1 aromatic rings. The third-order valence-electron chi connectivity index (χ3n) is 3.41. The first-order chi connectivity index (χ1) is 8.94. The maximum atomic E-state index is 12.2. The zero-order valence-corrected chi connectivity index (χ0v) is 12.4. The Kier molecular flexibility index (Phi) is 4.47. The molecule has 1 fully saturated rings. The fourth-order valence-electron chi connectivity index (χ4n) is 2.61. The number of anilines is 1. The van der Waals surface area contributed by atoms with Crippen LogP contribution in [0.25, 0.3) is 0 Å². The molecule has 19 heavy (non-hydrogen) atoms. The van der Waals surface area contributed by atoms with Crippen molar-refractivity contribution in [1.29, 1.82) is 0 Å². The maximum Gasteiger partial charge on any atom is 0.232 e. The van der Waals surface area contributed by atoms with Crippen LogP contribution in [0.4, 0.5) is 5.69 Å². The molecular weight excluding hydrogens is 260 g/mol. The summed E-state index contributed by atoms with van der Waals surface area (Å²) >= 11 is 0. The second kappa shape index (κ2) is 5.92. The molecule has 1 aromatic carbocycles. The van der Waals surface area contributed by atoms with Crippen LogP contribution >= 0.6 is 0 Å². The minimum Gasteiger partial charge on any atom is -0.317 e. The van der Waals surface area contributed by atoms with Gasteiger partial charge in [-0.2, -0.15) is 0 Å². The Morgan fingerprint density at radius 2 is 1.74 bits per heavy atom. The summed E-state index contributed by atoms with van der Waals surface area (Å²) < 4.78 is 27.0. The van der Waals surface area contributed by atoms with Crippen molar-refractivity contribution >= 4 is 15.7 Å². The molecule has 0 aliphatic carbocycles. The number of benzene rings is 1. The number of hydrogen-bond donors (Lipinski definition) is 2. The van der Waals surface area contributed by atoms with Crippen molar-refractivity contribution in [2.45, 2.75) is 26.7 Å². The van der Waals surface area contributed by atoms with Gasteiger partial charge in [0.25, 0.3) is 0 Å². The van der Waals surface area contributed by atoms with Gasteiger partial charge in [0.1, 0.15) is 0 Å². The summed E-state index contributed by atoms with van der Waals surface area (Å²) in [6.45, 7) is 5.78. The average molecular weight is 282 g/mol. The molecule has 0 spiro atoms. The quantitative estimate of drug-likeness (QED) is 0.888. The summed E-state index contributed by atoms with van der Waals surface area (Å²) in [5.41, 5.74) is 2.81. The van der Waals surface area contributed by atoms with E-state index in [1.807, 2.05) is 32.0 Å². The molecule has 2 rings (SSSR count). The first-order valence-electron chi connectivity index (χ1n) is 6.74. The Morgan fingerprint density at radius 3 is 2.32 bits per heavy atom. The lowest BCUT2D eigenvalue weighted by molar-refractivity contribution is 0.402. The van der Waals surface area contributed by atoms with Gasteiger partial charge in [-0.15, -0.1) is 0 Å². The standard InChI is InChI=1S/C14H22N2O2S/c1-11-7-12(2)9-14(8-11)16-19(17,18)10-13-3-5-15-6-4-13/h7-9,13,15-16H,3-6,10H2,1-2H3. The third kappa shape index (κ3) is 4.51. The van der Waals surface area contributed by atoms with Crippen LogP contribution in [0.5, 0.6) is 0 Å². The van der Waals surface area contributed by atoms with E-state index in [9.17, 15) is 8.42 Å². The van der Waals surface area contributed by atoms with Gasteiger partial charge in [0.05, 0.1) is 5.75 Å². The molecule has 2 N–H and O–H groups in total. The largest absolute Gasteiger partial charge is 0.317 e. The highest BCUT2D eigenvalue weighted by molar-refractivity contribution is 7.92. The predicted molar refractivity (Wildman–Crippen MR) is 78.9 cm³/mol. The molecular formula is C14H22N2O2S. The Labute approximate surface area is 115 Å². The molecule has 0 bridgehead atoms. The Morgan fingerprint density at radius 1 is 1.16 bits per heavy atom. The summed E-state index contributed by atoms with van der Waals surface area (Å²) in [5, 5.41) is 3.25. The van der Waals surface area contributed by atoms with Crippen LogP contribution in [-0.2, 0) is 10.0 Å². The van der Waals surface area contributed by atoms with Gasteiger partial charge in [0.15, 0.2) is 0 Å². The normalized spacial score (nSPS) is 17.4. The highest BCUT2D eigenvalue weighted by Gasteiger charge is 2.21. The topological polar surface area (TPSA) is 58.2 Å². The van der Waals surface area contributed by atoms with Crippen molar-refractivity contribution < 1.29 is 8.42 Å². The highest BCUT2D eigenvalue weighted by atomic mass is 32.2. The second-order valence-electron chi connectivity index (χ2n) is 5.45. The number of piperidine rings is 1. The first kappa shape index (κ1) is 14.3. The summed E-state index contributed by atoms with van der Waals surface area (Å²) in [6.07, 6.45) is 1.88. The molecule has 1 aliphatic rings. The molecule has 1 saturated heterocycles. The highest BCUT2D eigenvalue weighted by Crippen LogP contribution is 2.18. The smallest absolute Gasteiger partial charge is 0.232 e. The van der Waals surface area contributed by atoms with Crippen LogP contribution < -0.4 is 10.0 Å². The van der Waals surface area contributed by atoms with E-state index in [0.29, 0.717) is 5.69 Å². The van der Waals surface area contributed by atoms with Crippen molar-refractivity contribution in [2.24, 2.45) is 5.92 Å². The number of hydrogen-bond acceptors (Lipinski definition) is 3. The van der Waals surface area contributed by atoms with E-state index in [2.05, 4.69) is 10.0 Å². The van der Waals surface area contributed by atoms with E-state index >= 15 is 0 Å². The van der Waals surface area contributed by atoms with Crippen molar-refractivity contribution in [2.75, 3.05) is 23.6 Å². The van der Waals surface area contributed by atoms with Gasteiger partial charge in [-0.1, -0.05) is 6.07 Å². The molecule has 0 aromatic heterocycles. The van der Waals surface area contributed by atoms with Crippen LogP contribution in [0.15, 0.2) is 18.2 Å². The molecule has 0 atom stereocenters. The van der Waals surface area contributed by atoms with E-state index in [1.165, 1.54) is 0 Å². The van der Waals surface area contributed by atoms with Crippen LogP contribution in [0.3, 0.4) is 0 Å². The van der Waals surface area contributed by atoms with Gasteiger partial charge in [-0.05, 0) is 69.0 Å². The Balaban J connectivity index is 2.03. The SMILES string of the molecule is Cc1cc(C)cc(NS(=O)(=O)CC2CCNCC2)c1. The Hall–Kier alpha value is -1.07. The fourth-order valence-corrected chi connectivity index (χ4v) is 4.13. The summed E-state index contributed by atoms with van der Waals surface area (Å²) in [4.78, 5) is 0. The first-order valence-corrected chi connectivity index (χ1v) is 8.39. The molecule has 0 saturated carbocycles. The number of nitrogens with one attached hydrogen (secondary N) is 2. The third-order valence-corrected chi connectivity index (χ3v) is 4.87. The maximum absolute atomic E-state index is 12.2. The van der Waals surface area contributed by atoms with Crippen molar-refractivity contribution in [1.82, 2.24) is 5.32 Å². The summed E-state index contributed by atoms with van der Waals surface area (Å²) in [6, 6.07) is 5.77. The van der Waals surface area contributed by atoms with Crippen LogP contribution in [0, 0.1) is 19.8 Å². The van der Waals surface area contributed by atoms with Crippen molar-refractivity contribution in [3.63, 3.8) is 0 Å². The minimum atomic E-state index is -3.25. The van der Waals surface area contributed by atoms with Crippen LogP contribution in [-0.4, -0.2) is 27.3 Å². The van der Waals surface area contributed by atoms with Gasteiger partial charge in [0.2, 0.25) is 10.0 Å². The zero-order valence-electron chi connectivity index (χ0n) is 11.6. The molecule has 5 heteroatoms. The van der Waals surface area contributed by atoms with E-state index in [0.717, 1.165) is 37.1 Å². The number of rotatable bonds is 4. The monoisotopic (exact) mass is 282 g/mol. The average Bonchev–Trinajstić information content (AvgIpc) is 2.27. The van der Waals surface area contributed by atoms with Gasteiger partial charge in [0, 0.05) is 5.69 Å². The van der Waals surface area contributed by atoms with Gasteiger partial charge in [-0.25, -0.2) is 8.42 Å². The van der Waals surface area contributed by atoms with Crippen LogP contribution in [0.2, 0.25) is 0 Å². The van der Waals surface area contributed by atoms with Crippen LogP contribution in [0.1, 0.15) is 24.0 Å². The molecule has 0 amide bonds. The number of sulfonamides is 1. The molecule has 1 aliphatic heterocycles. The Bertz CT molecular complexity index is 514. The van der Waals surface area contributed by atoms with E-state index in [1.54, 1.807) is 0 Å². The van der Waals surface area contributed by atoms with Gasteiger partial charge in [-0.3, -0.25) is 4.72 Å². The molecule has 106 valence electrons. The van der Waals surface area contributed by atoms with E-state index < -0.39 is 10.0 Å². The van der Waals surface area contributed by atoms with Gasteiger partial charge >= 0.3 is 0 Å². The van der Waals surface area contributed by atoms with Gasteiger partial charge < -0.3 is 5.32 Å². The molecule has 0 radical (unpaired) electrons. The lowest BCUT2D eigenvalue weighted by Crippen LogP contribution is -2.33. The summed E-state index contributed by atoms with van der Waals surface area (Å²) in [7, 11) is -3.25. The lowest BCUT2D eigenvalue weighted by Gasteiger charge is -2.22. The number of aryl methyl sites for hydroxylation is 2. The minimum absolute atomic E-state index is 0.224. The second-order valence-corrected chi connectivity index (χ2v) is 7.22. The van der Waals surface area contributed by atoms with E-state index in [-0.39, 0.29) is 11.7 Å². The fraction of sp³-hybridized carbons (Fsp3) is 0.571. The van der Waals surface area contributed by atoms with Crippen molar-refractivity contribution in [3.05, 3.63) is 29.3 Å². The predicted octanol–water partition coefficient (Wildman–Crippen LogP) is 2.04. The molecule has 1 heterocycles. The molecule has 0 unspecified atom stereocenters. The van der Waals surface area contributed by atoms with E-state index in [4.69, 9.17) is 0 Å². The molecule has 4 nitrogen and oxygen atoms in total. The van der Waals surface area contributed by atoms with Crippen molar-refractivity contribution in [3.8, 4) is 0 Å².